The predicted molar refractivity (Wildman–Crippen MR) is 88.0 cm³/mol. The Labute approximate surface area is 134 Å². The third-order valence-corrected chi connectivity index (χ3v) is 4.09. The van der Waals surface area contributed by atoms with Crippen LogP contribution in [-0.4, -0.2) is 27.3 Å². The van der Waals surface area contributed by atoms with Crippen LogP contribution in [0.25, 0.3) is 16.8 Å². The average Bonchev–Trinajstić information content (AvgIpc) is 3.15. The standard InChI is InChI=1S/C18H16N4O/c1-23-16-8-3-2-5-13(16)14-6-4-7-15-17(14)18(20-11-19-15)12-9-21-22-10-12/h2-3,5-6,8-11H,4,7H2,1H3,(H,21,22). The van der Waals surface area contributed by atoms with E-state index in [0.717, 1.165) is 52.2 Å². The van der Waals surface area contributed by atoms with Gasteiger partial charge in [-0.05, 0) is 24.5 Å². The highest BCUT2D eigenvalue weighted by atomic mass is 16.5. The van der Waals surface area contributed by atoms with E-state index in [-0.39, 0.29) is 0 Å². The molecule has 0 saturated heterocycles. The Balaban J connectivity index is 1.95. The Bertz CT molecular complexity index is 868. The second-order valence-electron chi connectivity index (χ2n) is 5.39. The van der Waals surface area contributed by atoms with Gasteiger partial charge in [-0.25, -0.2) is 9.97 Å². The third kappa shape index (κ3) is 2.30. The fraction of sp³-hybridized carbons (Fsp3) is 0.167. The number of hydrogen-bond donors (Lipinski definition) is 1. The molecule has 4 rings (SSSR count). The van der Waals surface area contributed by atoms with Gasteiger partial charge in [-0.2, -0.15) is 5.10 Å². The Hall–Kier alpha value is -2.95. The molecule has 0 atom stereocenters. The maximum atomic E-state index is 5.54. The van der Waals surface area contributed by atoms with Crippen molar-refractivity contribution in [1.29, 1.82) is 0 Å². The lowest BCUT2D eigenvalue weighted by Crippen LogP contribution is -2.08. The fourth-order valence-corrected chi connectivity index (χ4v) is 3.06. The van der Waals surface area contributed by atoms with Crippen molar-refractivity contribution in [3.05, 3.63) is 65.9 Å². The maximum absolute atomic E-state index is 5.54. The number of H-pyrrole nitrogens is 1. The Morgan fingerprint density at radius 1 is 1.17 bits per heavy atom. The van der Waals surface area contributed by atoms with E-state index in [4.69, 9.17) is 4.74 Å². The summed E-state index contributed by atoms with van der Waals surface area (Å²) in [6.45, 7) is 0. The van der Waals surface area contributed by atoms with Crippen molar-refractivity contribution in [2.24, 2.45) is 0 Å². The molecule has 0 saturated carbocycles. The van der Waals surface area contributed by atoms with Gasteiger partial charge in [0.25, 0.3) is 0 Å². The van der Waals surface area contributed by atoms with Gasteiger partial charge in [0, 0.05) is 22.9 Å². The molecule has 1 aromatic carbocycles. The van der Waals surface area contributed by atoms with E-state index in [1.165, 1.54) is 0 Å². The number of aromatic amines is 1. The number of nitrogens with one attached hydrogen (secondary N) is 1. The van der Waals surface area contributed by atoms with Crippen molar-refractivity contribution >= 4 is 5.57 Å². The van der Waals surface area contributed by atoms with Crippen LogP contribution in [0.1, 0.15) is 23.2 Å². The van der Waals surface area contributed by atoms with Gasteiger partial charge >= 0.3 is 0 Å². The molecule has 0 fully saturated rings. The van der Waals surface area contributed by atoms with Crippen LogP contribution in [0.4, 0.5) is 0 Å². The summed E-state index contributed by atoms with van der Waals surface area (Å²) >= 11 is 0. The van der Waals surface area contributed by atoms with Crippen LogP contribution < -0.4 is 4.74 Å². The number of fused-ring (bicyclic) bond motifs is 1. The number of para-hydroxylation sites is 1. The van der Waals surface area contributed by atoms with Gasteiger partial charge in [-0.15, -0.1) is 0 Å². The Morgan fingerprint density at radius 3 is 2.91 bits per heavy atom. The van der Waals surface area contributed by atoms with Crippen molar-refractivity contribution in [3.8, 4) is 17.0 Å². The Kier molecular flexibility index (Phi) is 3.38. The summed E-state index contributed by atoms with van der Waals surface area (Å²) in [5.41, 5.74) is 6.20. The number of aryl methyl sites for hydroxylation is 1. The zero-order valence-corrected chi connectivity index (χ0v) is 12.8. The first-order valence-electron chi connectivity index (χ1n) is 7.55. The highest BCUT2D eigenvalue weighted by Gasteiger charge is 2.23. The summed E-state index contributed by atoms with van der Waals surface area (Å²) in [6.07, 6.45) is 9.40. The first-order chi connectivity index (χ1) is 11.4. The predicted octanol–water partition coefficient (Wildman–Crippen LogP) is 3.25. The summed E-state index contributed by atoms with van der Waals surface area (Å²) in [6, 6.07) is 8.05. The second kappa shape index (κ2) is 5.68. The van der Waals surface area contributed by atoms with Crippen LogP contribution in [0.5, 0.6) is 5.75 Å². The summed E-state index contributed by atoms with van der Waals surface area (Å²) in [5, 5.41) is 6.91. The molecule has 1 N–H and O–H groups in total. The van der Waals surface area contributed by atoms with E-state index in [2.05, 4.69) is 32.3 Å². The van der Waals surface area contributed by atoms with Crippen LogP contribution in [-0.2, 0) is 6.42 Å². The highest BCUT2D eigenvalue weighted by Crippen LogP contribution is 2.39. The van der Waals surface area contributed by atoms with Crippen LogP contribution in [0.2, 0.25) is 0 Å². The molecule has 5 nitrogen and oxygen atoms in total. The second-order valence-corrected chi connectivity index (χ2v) is 5.39. The highest BCUT2D eigenvalue weighted by molar-refractivity contribution is 5.90. The molecule has 1 aliphatic carbocycles. The van der Waals surface area contributed by atoms with E-state index < -0.39 is 0 Å². The van der Waals surface area contributed by atoms with Crippen LogP contribution in [0, 0.1) is 0 Å². The largest absolute Gasteiger partial charge is 0.496 e. The molecular weight excluding hydrogens is 288 g/mol. The molecule has 0 amide bonds. The van der Waals surface area contributed by atoms with E-state index in [9.17, 15) is 0 Å². The molecule has 114 valence electrons. The molecule has 0 bridgehead atoms. The molecule has 2 aromatic heterocycles. The van der Waals surface area contributed by atoms with Gasteiger partial charge in [0.05, 0.1) is 24.7 Å². The number of hydrogen-bond acceptors (Lipinski definition) is 4. The first kappa shape index (κ1) is 13.7. The van der Waals surface area contributed by atoms with Gasteiger partial charge in [-0.1, -0.05) is 24.3 Å². The fourth-order valence-electron chi connectivity index (χ4n) is 3.06. The lowest BCUT2D eigenvalue weighted by atomic mass is 9.87. The van der Waals surface area contributed by atoms with Crippen LogP contribution >= 0.6 is 0 Å². The third-order valence-electron chi connectivity index (χ3n) is 4.09. The minimum Gasteiger partial charge on any atom is -0.496 e. The monoisotopic (exact) mass is 304 g/mol. The molecule has 2 heterocycles. The number of benzene rings is 1. The lowest BCUT2D eigenvalue weighted by Gasteiger charge is -2.21. The molecule has 0 aliphatic heterocycles. The van der Waals surface area contributed by atoms with Crippen LogP contribution in [0.3, 0.4) is 0 Å². The molecule has 5 heteroatoms. The zero-order valence-electron chi connectivity index (χ0n) is 12.8. The van der Waals surface area contributed by atoms with E-state index in [0.29, 0.717) is 0 Å². The minimum atomic E-state index is 0.855. The van der Waals surface area contributed by atoms with Gasteiger partial charge in [0.15, 0.2) is 0 Å². The van der Waals surface area contributed by atoms with Crippen molar-refractivity contribution < 1.29 is 4.74 Å². The van der Waals surface area contributed by atoms with Crippen molar-refractivity contribution in [3.63, 3.8) is 0 Å². The number of ether oxygens (including phenoxy) is 1. The number of rotatable bonds is 3. The maximum Gasteiger partial charge on any atom is 0.126 e. The van der Waals surface area contributed by atoms with Gasteiger partial charge in [0.2, 0.25) is 0 Å². The van der Waals surface area contributed by atoms with Gasteiger partial charge in [0.1, 0.15) is 12.1 Å². The molecule has 0 unspecified atom stereocenters. The molecule has 1 aliphatic rings. The molecule has 3 aromatic rings. The number of aromatic nitrogens is 4. The topological polar surface area (TPSA) is 63.7 Å². The van der Waals surface area contributed by atoms with E-state index in [1.807, 2.05) is 24.4 Å². The van der Waals surface area contributed by atoms with Gasteiger partial charge < -0.3 is 4.74 Å². The smallest absolute Gasteiger partial charge is 0.126 e. The van der Waals surface area contributed by atoms with Crippen LogP contribution in [0.15, 0.2) is 49.1 Å². The zero-order chi connectivity index (χ0) is 15.6. The first-order valence-corrected chi connectivity index (χ1v) is 7.55. The van der Waals surface area contributed by atoms with Crippen molar-refractivity contribution in [2.75, 3.05) is 7.11 Å². The summed E-state index contributed by atoms with van der Waals surface area (Å²) in [5.74, 6) is 0.855. The molecular formula is C18H16N4O. The lowest BCUT2D eigenvalue weighted by molar-refractivity contribution is 0.413. The van der Waals surface area contributed by atoms with Crippen molar-refractivity contribution in [2.45, 2.75) is 12.8 Å². The van der Waals surface area contributed by atoms with Gasteiger partial charge in [-0.3, -0.25) is 5.10 Å². The van der Waals surface area contributed by atoms with E-state index in [1.54, 1.807) is 19.6 Å². The number of methoxy groups -OCH3 is 1. The Morgan fingerprint density at radius 2 is 2.09 bits per heavy atom. The SMILES string of the molecule is COc1ccccc1C1=CCCc2ncnc(-c3cn[nH]c3)c21. The normalized spacial score (nSPS) is 13.3. The quantitative estimate of drug-likeness (QED) is 0.806. The summed E-state index contributed by atoms with van der Waals surface area (Å²) in [4.78, 5) is 9.01. The minimum absolute atomic E-state index is 0.855. The number of nitrogens with zero attached hydrogens (tertiary/aromatic N) is 3. The summed E-state index contributed by atoms with van der Waals surface area (Å²) < 4.78 is 5.54. The van der Waals surface area contributed by atoms with E-state index >= 15 is 0 Å². The number of allylic oxidation sites excluding steroid dienone is 1. The average molecular weight is 304 g/mol. The molecule has 0 radical (unpaired) electrons. The summed E-state index contributed by atoms with van der Waals surface area (Å²) in [7, 11) is 1.70. The molecule has 23 heavy (non-hydrogen) atoms. The molecule has 0 spiro atoms. The van der Waals surface area contributed by atoms with Crippen molar-refractivity contribution in [1.82, 2.24) is 20.2 Å².